The lowest BCUT2D eigenvalue weighted by Gasteiger charge is -2.30. The molecule has 0 saturated carbocycles. The molecule has 1 aromatic carbocycles. The van der Waals surface area contributed by atoms with Crippen LogP contribution in [0.2, 0.25) is 0 Å². The van der Waals surface area contributed by atoms with Crippen LogP contribution in [0.25, 0.3) is 22.0 Å². The summed E-state index contributed by atoms with van der Waals surface area (Å²) in [5.74, 6) is -0.551. The van der Waals surface area contributed by atoms with Gasteiger partial charge in [-0.05, 0) is 38.0 Å². The van der Waals surface area contributed by atoms with Crippen LogP contribution >= 0.6 is 0 Å². The molecular weight excluding hydrogens is 398 g/mol. The van der Waals surface area contributed by atoms with Gasteiger partial charge in [-0.1, -0.05) is 0 Å². The molecule has 1 aliphatic heterocycles. The van der Waals surface area contributed by atoms with Gasteiger partial charge in [0.2, 0.25) is 10.0 Å². The number of esters is 1. The SMILES string of the molecule is CCOC(=O)C1CCN(S(=O)(=O)c2ccc3oc(=O)c4ncn(C)c4c3c2)CC1. The van der Waals surface area contributed by atoms with E-state index >= 15 is 0 Å². The first-order chi connectivity index (χ1) is 13.8. The van der Waals surface area contributed by atoms with Gasteiger partial charge in [-0.2, -0.15) is 4.31 Å². The predicted molar refractivity (Wildman–Crippen MR) is 105 cm³/mol. The van der Waals surface area contributed by atoms with E-state index in [-0.39, 0.29) is 35.4 Å². The fourth-order valence-corrected chi connectivity index (χ4v) is 5.23. The van der Waals surface area contributed by atoms with E-state index in [0.717, 1.165) is 0 Å². The molecule has 3 heterocycles. The lowest BCUT2D eigenvalue weighted by Crippen LogP contribution is -2.40. The molecule has 10 heteroatoms. The molecule has 9 nitrogen and oxygen atoms in total. The average Bonchev–Trinajstić information content (AvgIpc) is 3.11. The molecule has 3 aromatic rings. The zero-order chi connectivity index (χ0) is 20.8. The molecule has 29 heavy (non-hydrogen) atoms. The molecule has 0 aliphatic carbocycles. The first kappa shape index (κ1) is 19.6. The molecular formula is C19H21N3O6S. The number of piperidine rings is 1. The normalized spacial score (nSPS) is 16.5. The van der Waals surface area contributed by atoms with E-state index in [1.54, 1.807) is 18.5 Å². The first-order valence-electron chi connectivity index (χ1n) is 9.37. The maximum Gasteiger partial charge on any atom is 0.364 e. The van der Waals surface area contributed by atoms with Crippen LogP contribution in [0.5, 0.6) is 0 Å². The summed E-state index contributed by atoms with van der Waals surface area (Å²) in [6.45, 7) is 2.55. The topological polar surface area (TPSA) is 112 Å². The monoisotopic (exact) mass is 419 g/mol. The van der Waals surface area contributed by atoms with Gasteiger partial charge in [0.15, 0.2) is 5.52 Å². The van der Waals surface area contributed by atoms with Crippen molar-refractivity contribution in [3.63, 3.8) is 0 Å². The third-order valence-electron chi connectivity index (χ3n) is 5.25. The second kappa shape index (κ2) is 7.27. The number of aromatic nitrogens is 2. The third kappa shape index (κ3) is 3.32. The molecule has 0 unspecified atom stereocenters. The highest BCUT2D eigenvalue weighted by Gasteiger charge is 2.33. The Labute approximate surface area is 166 Å². The van der Waals surface area contributed by atoms with Gasteiger partial charge >= 0.3 is 11.6 Å². The van der Waals surface area contributed by atoms with Gasteiger partial charge in [0.05, 0.1) is 29.3 Å². The largest absolute Gasteiger partial charge is 0.466 e. The van der Waals surface area contributed by atoms with Crippen molar-refractivity contribution in [2.45, 2.75) is 24.7 Å². The molecule has 1 saturated heterocycles. The number of ether oxygens (including phenoxy) is 1. The van der Waals surface area contributed by atoms with Gasteiger partial charge in [0.25, 0.3) is 0 Å². The van der Waals surface area contributed by atoms with Crippen LogP contribution in [0.4, 0.5) is 0 Å². The first-order valence-corrected chi connectivity index (χ1v) is 10.8. The summed E-state index contributed by atoms with van der Waals surface area (Å²) < 4.78 is 39.7. The van der Waals surface area contributed by atoms with Crippen LogP contribution in [0.15, 0.2) is 38.6 Å². The summed E-state index contributed by atoms with van der Waals surface area (Å²) in [5, 5.41) is 0.502. The fraction of sp³-hybridized carbons (Fsp3) is 0.421. The number of fused-ring (bicyclic) bond motifs is 3. The number of nitrogens with zero attached hydrogens (tertiary/aromatic N) is 3. The molecule has 0 bridgehead atoms. The molecule has 0 spiro atoms. The van der Waals surface area contributed by atoms with Crippen LogP contribution in [0.1, 0.15) is 19.8 Å². The Morgan fingerprint density at radius 3 is 2.72 bits per heavy atom. The predicted octanol–water partition coefficient (Wildman–Crippen LogP) is 1.64. The minimum Gasteiger partial charge on any atom is -0.466 e. The van der Waals surface area contributed by atoms with Gasteiger partial charge in [-0.3, -0.25) is 4.79 Å². The van der Waals surface area contributed by atoms with Crippen molar-refractivity contribution in [1.29, 1.82) is 0 Å². The van der Waals surface area contributed by atoms with Crippen LogP contribution in [-0.4, -0.2) is 47.9 Å². The molecule has 0 amide bonds. The fourth-order valence-electron chi connectivity index (χ4n) is 3.73. The molecule has 0 atom stereocenters. The minimum absolute atomic E-state index is 0.107. The molecule has 154 valence electrons. The van der Waals surface area contributed by atoms with Gasteiger partial charge < -0.3 is 13.7 Å². The van der Waals surface area contributed by atoms with Crippen molar-refractivity contribution < 1.29 is 22.4 Å². The highest BCUT2D eigenvalue weighted by Crippen LogP contribution is 2.29. The van der Waals surface area contributed by atoms with E-state index in [1.807, 2.05) is 0 Å². The van der Waals surface area contributed by atoms with Gasteiger partial charge in [0.1, 0.15) is 5.58 Å². The number of hydrogen-bond donors (Lipinski definition) is 0. The maximum atomic E-state index is 13.2. The quantitative estimate of drug-likeness (QED) is 0.467. The van der Waals surface area contributed by atoms with Crippen molar-refractivity contribution in [3.8, 4) is 0 Å². The second-order valence-electron chi connectivity index (χ2n) is 7.03. The van der Waals surface area contributed by atoms with Gasteiger partial charge in [-0.25, -0.2) is 18.2 Å². The van der Waals surface area contributed by atoms with Crippen LogP contribution < -0.4 is 5.63 Å². The van der Waals surface area contributed by atoms with Crippen LogP contribution in [0.3, 0.4) is 0 Å². The van der Waals surface area contributed by atoms with Gasteiger partial charge in [0, 0.05) is 25.5 Å². The van der Waals surface area contributed by atoms with E-state index in [9.17, 15) is 18.0 Å². The van der Waals surface area contributed by atoms with Crippen LogP contribution in [-0.2, 0) is 26.6 Å². The lowest BCUT2D eigenvalue weighted by atomic mass is 9.98. The van der Waals surface area contributed by atoms with E-state index in [2.05, 4.69) is 4.98 Å². The van der Waals surface area contributed by atoms with Crippen molar-refractivity contribution in [1.82, 2.24) is 13.9 Å². The Hall–Kier alpha value is -2.72. The number of rotatable bonds is 4. The van der Waals surface area contributed by atoms with E-state index in [1.165, 1.54) is 28.8 Å². The molecule has 0 N–H and O–H groups in total. The summed E-state index contributed by atoms with van der Waals surface area (Å²) in [5.41, 5.74) is 0.412. The zero-order valence-corrected chi connectivity index (χ0v) is 16.9. The van der Waals surface area contributed by atoms with E-state index < -0.39 is 15.6 Å². The molecule has 4 rings (SSSR count). The lowest BCUT2D eigenvalue weighted by molar-refractivity contribution is -0.149. The molecule has 2 aromatic heterocycles. The van der Waals surface area contributed by atoms with Gasteiger partial charge in [-0.15, -0.1) is 0 Å². The number of carbonyl (C=O) groups excluding carboxylic acids is 1. The number of benzene rings is 1. The van der Waals surface area contributed by atoms with Crippen molar-refractivity contribution in [3.05, 3.63) is 34.9 Å². The number of aryl methyl sites for hydroxylation is 1. The Morgan fingerprint density at radius 1 is 1.31 bits per heavy atom. The number of hydrogen-bond acceptors (Lipinski definition) is 7. The van der Waals surface area contributed by atoms with Crippen molar-refractivity contribution in [2.24, 2.45) is 13.0 Å². The Kier molecular flexibility index (Phi) is 4.91. The smallest absolute Gasteiger partial charge is 0.364 e. The third-order valence-corrected chi connectivity index (χ3v) is 7.15. The zero-order valence-electron chi connectivity index (χ0n) is 16.1. The highest BCUT2D eigenvalue weighted by molar-refractivity contribution is 7.89. The number of imidazole rings is 1. The average molecular weight is 419 g/mol. The summed E-state index contributed by atoms with van der Waals surface area (Å²) in [4.78, 5) is 28.1. The Morgan fingerprint density at radius 2 is 2.03 bits per heavy atom. The summed E-state index contributed by atoms with van der Waals surface area (Å²) >= 11 is 0. The molecule has 1 fully saturated rings. The standard InChI is InChI=1S/C19H21N3O6S/c1-3-27-18(23)12-6-8-22(9-7-12)29(25,26)13-4-5-15-14(10-13)17-16(19(24)28-15)20-11-21(17)2/h4-5,10-12H,3,6-9H2,1-2H3. The highest BCUT2D eigenvalue weighted by atomic mass is 32.2. The van der Waals surface area contributed by atoms with Crippen LogP contribution in [0, 0.1) is 5.92 Å². The second-order valence-corrected chi connectivity index (χ2v) is 8.97. The molecule has 0 radical (unpaired) electrons. The van der Waals surface area contributed by atoms with Crippen molar-refractivity contribution in [2.75, 3.05) is 19.7 Å². The maximum absolute atomic E-state index is 13.2. The Bertz CT molecular complexity index is 1250. The summed E-state index contributed by atoms with van der Waals surface area (Å²) in [6, 6.07) is 4.43. The summed E-state index contributed by atoms with van der Waals surface area (Å²) in [7, 11) is -2.03. The number of sulfonamides is 1. The molecule has 1 aliphatic rings. The Balaban J connectivity index is 1.68. The number of carbonyl (C=O) groups is 1. The minimum atomic E-state index is -3.76. The van der Waals surface area contributed by atoms with E-state index in [4.69, 9.17) is 9.15 Å². The van der Waals surface area contributed by atoms with Crippen molar-refractivity contribution >= 4 is 38.0 Å². The van der Waals surface area contributed by atoms with E-state index in [0.29, 0.717) is 35.9 Å². The summed E-state index contributed by atoms with van der Waals surface area (Å²) in [6.07, 6.45) is 2.33.